The normalized spacial score (nSPS) is 31.3. The summed E-state index contributed by atoms with van der Waals surface area (Å²) >= 11 is 0. The number of hydrogen-bond acceptors (Lipinski definition) is 20. The first-order valence-corrected chi connectivity index (χ1v) is 22.5. The number of benzene rings is 3. The molecule has 16 atom stereocenters. The maximum Gasteiger partial charge on any atom is 0.407 e. The molecule has 24 heteroatoms. The van der Waals surface area contributed by atoms with Crippen LogP contribution in [0.4, 0.5) is 14.4 Å². The van der Waals surface area contributed by atoms with E-state index in [1.165, 1.54) is 0 Å². The maximum absolute atomic E-state index is 13.7. The van der Waals surface area contributed by atoms with Crippen LogP contribution in [0.25, 0.3) is 0 Å². The lowest BCUT2D eigenvalue weighted by Crippen LogP contribution is -2.70. The number of nitrogens with one attached hydrogen (secondary N) is 4. The zero-order chi connectivity index (χ0) is 50.3. The molecule has 24 nitrogen and oxygen atoms in total. The average molecular weight is 988 g/mol. The number of nitrogens with two attached hydrogens (primary N) is 1. The SMILES string of the molecule is N[C@@H]1[C@@H](O)[C@@H](O[C@@H]2[C@@H](O)[C@H](O[C@H]3O[C@H](CNC(=O)OCc4ccccc4)[C@@H](O)[C@H](O)[C@H]3O)[C@@H](NC(=O)OCc3ccccc3)C[C@H]2NC(=O)[C@H](O)CCNC(=O)OCc2ccccc2)O[C@H](CO)[C@H]1O. The smallest absolute Gasteiger partial charge is 0.407 e. The second-order valence-corrected chi connectivity index (χ2v) is 16.9. The number of alkyl carbamates (subject to hydrolysis) is 3. The van der Waals surface area contributed by atoms with Gasteiger partial charge in [-0.3, -0.25) is 4.79 Å². The Kier molecular flexibility index (Phi) is 20.0. The molecule has 70 heavy (non-hydrogen) atoms. The van der Waals surface area contributed by atoms with Crippen molar-refractivity contribution in [3.63, 3.8) is 0 Å². The Hall–Kier alpha value is -5.58. The van der Waals surface area contributed by atoms with Gasteiger partial charge in [0.25, 0.3) is 0 Å². The summed E-state index contributed by atoms with van der Waals surface area (Å²) in [6.07, 6.45) is -26.7. The fourth-order valence-electron chi connectivity index (χ4n) is 7.94. The van der Waals surface area contributed by atoms with Gasteiger partial charge in [-0.2, -0.15) is 0 Å². The number of aliphatic hydroxyl groups excluding tert-OH is 8. The quantitative estimate of drug-likeness (QED) is 0.0551. The molecule has 0 unspecified atom stereocenters. The van der Waals surface area contributed by atoms with Crippen molar-refractivity contribution in [2.75, 3.05) is 19.7 Å². The van der Waals surface area contributed by atoms with Crippen molar-refractivity contribution in [1.29, 1.82) is 0 Å². The Bertz CT molecular complexity index is 2100. The molecule has 3 aliphatic rings. The topological polar surface area (TPSA) is 369 Å². The number of carbonyl (C=O) groups excluding carboxylic acids is 4. The lowest BCUT2D eigenvalue weighted by atomic mass is 9.83. The second kappa shape index (κ2) is 26.0. The van der Waals surface area contributed by atoms with Gasteiger partial charge in [-0.25, -0.2) is 14.4 Å². The highest BCUT2D eigenvalue weighted by Crippen LogP contribution is 2.33. The van der Waals surface area contributed by atoms with Crippen molar-refractivity contribution in [2.45, 2.75) is 131 Å². The molecule has 384 valence electrons. The van der Waals surface area contributed by atoms with Gasteiger partial charge in [-0.1, -0.05) is 91.0 Å². The Labute approximate surface area is 401 Å². The summed E-state index contributed by atoms with van der Waals surface area (Å²) in [4.78, 5) is 52.0. The molecule has 0 bridgehead atoms. The Balaban J connectivity index is 1.21. The molecule has 1 aliphatic carbocycles. The van der Waals surface area contributed by atoms with Crippen molar-refractivity contribution in [3.05, 3.63) is 108 Å². The van der Waals surface area contributed by atoms with Gasteiger partial charge in [-0.05, 0) is 29.5 Å². The van der Waals surface area contributed by atoms with Crippen LogP contribution >= 0.6 is 0 Å². The molecule has 1 saturated carbocycles. The van der Waals surface area contributed by atoms with Crippen molar-refractivity contribution in [1.82, 2.24) is 21.3 Å². The van der Waals surface area contributed by atoms with E-state index >= 15 is 0 Å². The van der Waals surface area contributed by atoms with E-state index in [0.29, 0.717) is 11.1 Å². The van der Waals surface area contributed by atoms with E-state index in [-0.39, 0.29) is 32.8 Å². The predicted molar refractivity (Wildman–Crippen MR) is 238 cm³/mol. The third-order valence-corrected chi connectivity index (χ3v) is 11.9. The van der Waals surface area contributed by atoms with Crippen LogP contribution in [0.5, 0.6) is 0 Å². The van der Waals surface area contributed by atoms with Crippen molar-refractivity contribution in [3.8, 4) is 0 Å². The number of hydrogen-bond donors (Lipinski definition) is 13. The fourth-order valence-corrected chi connectivity index (χ4v) is 7.94. The third kappa shape index (κ3) is 14.7. The summed E-state index contributed by atoms with van der Waals surface area (Å²) in [6, 6.07) is 21.8. The molecule has 2 heterocycles. The summed E-state index contributed by atoms with van der Waals surface area (Å²) < 4.78 is 39.5. The highest BCUT2D eigenvalue weighted by atomic mass is 16.7. The zero-order valence-corrected chi connectivity index (χ0v) is 37.7. The first-order chi connectivity index (χ1) is 33.6. The van der Waals surface area contributed by atoms with E-state index in [1.807, 2.05) is 0 Å². The van der Waals surface area contributed by atoms with Gasteiger partial charge >= 0.3 is 18.3 Å². The van der Waals surface area contributed by atoms with Gasteiger partial charge in [0, 0.05) is 13.1 Å². The average Bonchev–Trinajstić information content (AvgIpc) is 3.37. The lowest BCUT2D eigenvalue weighted by Gasteiger charge is -2.49. The van der Waals surface area contributed by atoms with E-state index in [9.17, 15) is 60.0 Å². The van der Waals surface area contributed by atoms with Gasteiger partial charge < -0.3 is 101 Å². The van der Waals surface area contributed by atoms with Gasteiger partial charge in [0.2, 0.25) is 5.91 Å². The maximum atomic E-state index is 13.7. The van der Waals surface area contributed by atoms with Crippen LogP contribution in [-0.2, 0) is 57.8 Å². The summed E-state index contributed by atoms with van der Waals surface area (Å²) in [5.74, 6) is -1.05. The van der Waals surface area contributed by atoms with Gasteiger partial charge in [0.15, 0.2) is 12.6 Å². The molecule has 14 N–H and O–H groups in total. The van der Waals surface area contributed by atoms with Crippen LogP contribution in [0.3, 0.4) is 0 Å². The molecule has 3 fully saturated rings. The van der Waals surface area contributed by atoms with E-state index in [0.717, 1.165) is 5.56 Å². The molecular weight excluding hydrogens is 927 g/mol. The molecule has 0 spiro atoms. The van der Waals surface area contributed by atoms with Gasteiger partial charge in [0.05, 0.1) is 24.7 Å². The minimum Gasteiger partial charge on any atom is -0.445 e. The largest absolute Gasteiger partial charge is 0.445 e. The molecule has 0 aromatic heterocycles. The molecule has 3 aromatic carbocycles. The Morgan fingerprint density at radius 3 is 1.59 bits per heavy atom. The summed E-state index contributed by atoms with van der Waals surface area (Å²) in [5, 5.41) is 97.7. The number of aliphatic hydroxyl groups is 8. The molecule has 2 saturated heterocycles. The molecular formula is C46H61N5O19. The number of carbonyl (C=O) groups is 4. The molecule has 0 radical (unpaired) electrons. The molecule has 4 amide bonds. The summed E-state index contributed by atoms with van der Waals surface area (Å²) in [6.45, 7) is -1.86. The standard InChI is InChI=1S/C46H61N5O19/c47-32-33(54)31(20-52)68-42(35(32)56)69-39-27(50-41(60)29(53)16-17-48-44(61)64-21-24-10-4-1-5-11-24)18-28(51-46(63)66-23-26-14-8-3-9-15-26)40(38(39)59)70-43-37(58)36(57)34(55)30(67-43)19-49-45(62)65-22-25-12-6-2-7-13-25/h1-15,27-40,42-43,52-59H,16-23,47H2,(H,48,61)(H,49,62)(H,50,60)(H,51,63)/t27-,28+,29-,30-,31-,32+,33-,34-,35-,36+,37-,38-,39+,40-,42-,43-/m1/s1. The summed E-state index contributed by atoms with van der Waals surface area (Å²) in [5.41, 5.74) is 8.05. The predicted octanol–water partition coefficient (Wildman–Crippen LogP) is -2.52. The zero-order valence-electron chi connectivity index (χ0n) is 37.7. The van der Waals surface area contributed by atoms with Crippen molar-refractivity contribution in [2.24, 2.45) is 5.73 Å². The van der Waals surface area contributed by atoms with Gasteiger partial charge in [0.1, 0.15) is 87.0 Å². The second-order valence-electron chi connectivity index (χ2n) is 16.9. The third-order valence-electron chi connectivity index (χ3n) is 11.9. The van der Waals surface area contributed by atoms with Crippen molar-refractivity contribution >= 4 is 24.2 Å². The number of rotatable bonds is 19. The van der Waals surface area contributed by atoms with E-state index in [1.54, 1.807) is 91.0 Å². The minimum absolute atomic E-state index is 0.0404. The highest BCUT2D eigenvalue weighted by molar-refractivity contribution is 5.81. The monoisotopic (exact) mass is 987 g/mol. The van der Waals surface area contributed by atoms with Crippen LogP contribution in [0.2, 0.25) is 0 Å². The highest BCUT2D eigenvalue weighted by Gasteiger charge is 2.54. The Morgan fingerprint density at radius 2 is 1.06 bits per heavy atom. The fraction of sp³-hybridized carbons (Fsp3) is 0.522. The lowest BCUT2D eigenvalue weighted by molar-refractivity contribution is -0.333. The van der Waals surface area contributed by atoms with Crippen LogP contribution in [0, 0.1) is 0 Å². The number of amides is 4. The van der Waals surface area contributed by atoms with Crippen LogP contribution < -0.4 is 27.0 Å². The van der Waals surface area contributed by atoms with E-state index < -0.39 is 142 Å². The summed E-state index contributed by atoms with van der Waals surface area (Å²) in [7, 11) is 0. The van der Waals surface area contributed by atoms with Gasteiger partial charge in [-0.15, -0.1) is 0 Å². The first kappa shape index (κ1) is 53.8. The molecule has 6 rings (SSSR count). The molecule has 2 aliphatic heterocycles. The van der Waals surface area contributed by atoms with Crippen molar-refractivity contribution < 1.29 is 93.2 Å². The first-order valence-electron chi connectivity index (χ1n) is 22.5. The van der Waals surface area contributed by atoms with E-state index in [2.05, 4.69) is 21.3 Å². The van der Waals surface area contributed by atoms with E-state index in [4.69, 9.17) is 38.9 Å². The number of ether oxygens (including phenoxy) is 7. The van der Waals surface area contributed by atoms with Crippen LogP contribution in [0.1, 0.15) is 29.5 Å². The molecule has 3 aromatic rings. The van der Waals surface area contributed by atoms with Crippen LogP contribution in [0.15, 0.2) is 91.0 Å². The minimum atomic E-state index is -2.05. The Morgan fingerprint density at radius 1 is 0.586 bits per heavy atom. The van der Waals surface area contributed by atoms with Crippen LogP contribution in [-0.4, -0.2) is 183 Å².